The maximum Gasteiger partial charge on any atom is 0.222 e. The van der Waals surface area contributed by atoms with E-state index in [2.05, 4.69) is 23.6 Å². The Balaban J connectivity index is 1.99. The van der Waals surface area contributed by atoms with E-state index in [1.54, 1.807) is 0 Å². The van der Waals surface area contributed by atoms with Crippen LogP contribution in [0.1, 0.15) is 84.5 Å². The molecule has 130 valence electrons. The van der Waals surface area contributed by atoms with E-state index in [9.17, 15) is 4.79 Å². The molecule has 0 atom stereocenters. The van der Waals surface area contributed by atoms with E-state index in [4.69, 9.17) is 0 Å². The Morgan fingerprint density at radius 2 is 1.41 bits per heavy atom. The summed E-state index contributed by atoms with van der Waals surface area (Å²) in [7, 11) is 0. The van der Waals surface area contributed by atoms with Crippen LogP contribution in [0.4, 0.5) is 0 Å². The SMILES string of the molecule is CCCCCCCCCCCC(=O)N1CCCN(CC)CC1. The molecule has 1 aliphatic rings. The largest absolute Gasteiger partial charge is 0.341 e. The van der Waals surface area contributed by atoms with E-state index in [-0.39, 0.29) is 0 Å². The van der Waals surface area contributed by atoms with Crippen molar-refractivity contribution in [2.24, 2.45) is 0 Å². The van der Waals surface area contributed by atoms with E-state index >= 15 is 0 Å². The molecule has 1 amide bonds. The number of likely N-dealkylation sites (N-methyl/N-ethyl adjacent to an activating group) is 1. The topological polar surface area (TPSA) is 23.6 Å². The lowest BCUT2D eigenvalue weighted by Crippen LogP contribution is -2.35. The van der Waals surface area contributed by atoms with Crippen molar-refractivity contribution in [2.45, 2.75) is 84.5 Å². The van der Waals surface area contributed by atoms with Crippen LogP contribution >= 0.6 is 0 Å². The molecule has 0 bridgehead atoms. The molecule has 0 radical (unpaired) electrons. The molecule has 1 saturated heterocycles. The maximum atomic E-state index is 12.3. The lowest BCUT2D eigenvalue weighted by atomic mass is 10.1. The van der Waals surface area contributed by atoms with Crippen LogP contribution in [-0.2, 0) is 4.79 Å². The molecule has 1 heterocycles. The quantitative estimate of drug-likeness (QED) is 0.526. The Hall–Kier alpha value is -0.570. The first kappa shape index (κ1) is 19.5. The molecule has 0 saturated carbocycles. The highest BCUT2D eigenvalue weighted by Gasteiger charge is 2.17. The van der Waals surface area contributed by atoms with Gasteiger partial charge in [0.15, 0.2) is 0 Å². The van der Waals surface area contributed by atoms with Crippen molar-refractivity contribution in [3.63, 3.8) is 0 Å². The summed E-state index contributed by atoms with van der Waals surface area (Å²) in [6.07, 6.45) is 13.8. The summed E-state index contributed by atoms with van der Waals surface area (Å²) in [5, 5.41) is 0. The van der Waals surface area contributed by atoms with Crippen LogP contribution in [0.15, 0.2) is 0 Å². The molecule has 0 aromatic rings. The Labute approximate surface area is 138 Å². The third-order valence-corrected chi connectivity index (χ3v) is 4.88. The second kappa shape index (κ2) is 12.9. The first-order valence-electron chi connectivity index (χ1n) is 9.78. The van der Waals surface area contributed by atoms with Gasteiger partial charge >= 0.3 is 0 Å². The first-order chi connectivity index (χ1) is 10.8. The van der Waals surface area contributed by atoms with Crippen molar-refractivity contribution < 1.29 is 4.79 Å². The number of carbonyl (C=O) groups excluding carboxylic acids is 1. The summed E-state index contributed by atoms with van der Waals surface area (Å²) >= 11 is 0. The second-order valence-electron chi connectivity index (χ2n) is 6.75. The van der Waals surface area contributed by atoms with Crippen molar-refractivity contribution in [3.05, 3.63) is 0 Å². The van der Waals surface area contributed by atoms with Crippen LogP contribution in [0.5, 0.6) is 0 Å². The van der Waals surface area contributed by atoms with Crippen LogP contribution in [-0.4, -0.2) is 48.4 Å². The number of nitrogens with zero attached hydrogens (tertiary/aromatic N) is 2. The van der Waals surface area contributed by atoms with Crippen molar-refractivity contribution in [3.8, 4) is 0 Å². The molecule has 0 aromatic heterocycles. The fraction of sp³-hybridized carbons (Fsp3) is 0.947. The zero-order chi connectivity index (χ0) is 16.0. The average Bonchev–Trinajstić information content (AvgIpc) is 2.78. The Morgan fingerprint density at radius 1 is 0.773 bits per heavy atom. The maximum absolute atomic E-state index is 12.3. The number of amides is 1. The number of rotatable bonds is 11. The molecule has 1 aliphatic heterocycles. The normalized spacial score (nSPS) is 16.7. The minimum Gasteiger partial charge on any atom is -0.341 e. The van der Waals surface area contributed by atoms with Gasteiger partial charge in [0.05, 0.1) is 0 Å². The molecule has 1 fully saturated rings. The van der Waals surface area contributed by atoms with E-state index in [0.717, 1.165) is 52.0 Å². The standard InChI is InChI=1S/C19H38N2O/c1-3-5-6-7-8-9-10-11-12-14-19(22)21-16-13-15-20(4-2)17-18-21/h3-18H2,1-2H3. The molecule has 1 rings (SSSR count). The molecular weight excluding hydrogens is 272 g/mol. The smallest absolute Gasteiger partial charge is 0.222 e. The number of hydrogen-bond donors (Lipinski definition) is 0. The molecular formula is C19H38N2O. The number of unbranched alkanes of at least 4 members (excludes halogenated alkanes) is 8. The van der Waals surface area contributed by atoms with Gasteiger partial charge in [-0.3, -0.25) is 4.79 Å². The molecule has 0 spiro atoms. The summed E-state index contributed by atoms with van der Waals surface area (Å²) in [6.45, 7) is 9.69. The van der Waals surface area contributed by atoms with Gasteiger partial charge < -0.3 is 9.80 Å². The molecule has 22 heavy (non-hydrogen) atoms. The zero-order valence-electron chi connectivity index (χ0n) is 15.1. The summed E-state index contributed by atoms with van der Waals surface area (Å²) in [6, 6.07) is 0. The molecule has 3 nitrogen and oxygen atoms in total. The van der Waals surface area contributed by atoms with Gasteiger partial charge in [0.25, 0.3) is 0 Å². The second-order valence-corrected chi connectivity index (χ2v) is 6.75. The molecule has 0 aliphatic carbocycles. The molecule has 0 N–H and O–H groups in total. The minimum atomic E-state index is 0.390. The molecule has 0 aromatic carbocycles. The van der Waals surface area contributed by atoms with Gasteiger partial charge in [0.2, 0.25) is 5.91 Å². The summed E-state index contributed by atoms with van der Waals surface area (Å²) < 4.78 is 0. The van der Waals surface area contributed by atoms with Gasteiger partial charge in [-0.15, -0.1) is 0 Å². The summed E-state index contributed by atoms with van der Waals surface area (Å²) in [5.74, 6) is 0.390. The average molecular weight is 311 g/mol. The first-order valence-corrected chi connectivity index (χ1v) is 9.78. The van der Waals surface area contributed by atoms with Crippen LogP contribution in [0, 0.1) is 0 Å². The predicted molar refractivity (Wildman–Crippen MR) is 95.2 cm³/mol. The third-order valence-electron chi connectivity index (χ3n) is 4.88. The fourth-order valence-electron chi connectivity index (χ4n) is 3.28. The van der Waals surface area contributed by atoms with Gasteiger partial charge in [-0.05, 0) is 25.9 Å². The van der Waals surface area contributed by atoms with E-state index in [1.165, 1.54) is 51.4 Å². The zero-order valence-corrected chi connectivity index (χ0v) is 15.1. The van der Waals surface area contributed by atoms with Crippen LogP contribution in [0.3, 0.4) is 0 Å². The van der Waals surface area contributed by atoms with Gasteiger partial charge in [0.1, 0.15) is 0 Å². The molecule has 3 heteroatoms. The monoisotopic (exact) mass is 310 g/mol. The Kier molecular flexibility index (Phi) is 11.4. The van der Waals surface area contributed by atoms with E-state index in [1.807, 2.05) is 0 Å². The van der Waals surface area contributed by atoms with Gasteiger partial charge in [-0.25, -0.2) is 0 Å². The Bertz CT molecular complexity index is 281. The Morgan fingerprint density at radius 3 is 2.05 bits per heavy atom. The van der Waals surface area contributed by atoms with Crippen molar-refractivity contribution >= 4 is 5.91 Å². The predicted octanol–water partition coefficient (Wildman–Crippen LogP) is 4.46. The number of carbonyl (C=O) groups is 1. The van der Waals surface area contributed by atoms with Gasteiger partial charge in [-0.1, -0.05) is 65.2 Å². The minimum absolute atomic E-state index is 0.390. The van der Waals surface area contributed by atoms with Crippen LogP contribution in [0.2, 0.25) is 0 Å². The lowest BCUT2D eigenvalue weighted by Gasteiger charge is -2.21. The molecule has 0 unspecified atom stereocenters. The van der Waals surface area contributed by atoms with Crippen molar-refractivity contribution in [1.29, 1.82) is 0 Å². The highest BCUT2D eigenvalue weighted by Crippen LogP contribution is 2.12. The fourth-order valence-corrected chi connectivity index (χ4v) is 3.28. The van der Waals surface area contributed by atoms with E-state index in [0.29, 0.717) is 5.91 Å². The van der Waals surface area contributed by atoms with Gasteiger partial charge in [-0.2, -0.15) is 0 Å². The van der Waals surface area contributed by atoms with Crippen molar-refractivity contribution in [1.82, 2.24) is 9.80 Å². The van der Waals surface area contributed by atoms with Gasteiger partial charge in [0, 0.05) is 26.1 Å². The van der Waals surface area contributed by atoms with Crippen LogP contribution < -0.4 is 0 Å². The third kappa shape index (κ3) is 8.77. The van der Waals surface area contributed by atoms with E-state index < -0.39 is 0 Å². The highest BCUT2D eigenvalue weighted by atomic mass is 16.2. The number of hydrogen-bond acceptors (Lipinski definition) is 2. The highest BCUT2D eigenvalue weighted by molar-refractivity contribution is 5.76. The lowest BCUT2D eigenvalue weighted by molar-refractivity contribution is -0.131. The summed E-state index contributed by atoms with van der Waals surface area (Å²) in [5.41, 5.74) is 0. The van der Waals surface area contributed by atoms with Crippen molar-refractivity contribution in [2.75, 3.05) is 32.7 Å². The van der Waals surface area contributed by atoms with Crippen LogP contribution in [0.25, 0.3) is 0 Å². The summed E-state index contributed by atoms with van der Waals surface area (Å²) in [4.78, 5) is 16.8.